The Morgan fingerprint density at radius 1 is 1.05 bits per heavy atom. The molecule has 1 aromatic carbocycles. The largest absolute Gasteiger partial charge is 0.457 e. The first kappa shape index (κ1) is 23.5. The number of fused-ring (bicyclic) bond motifs is 2. The molecule has 190 valence electrons. The van der Waals surface area contributed by atoms with E-state index in [1.807, 2.05) is 42.4 Å². The van der Waals surface area contributed by atoms with Crippen LogP contribution in [0.25, 0.3) is 22.2 Å². The van der Waals surface area contributed by atoms with E-state index in [0.717, 1.165) is 66.0 Å². The van der Waals surface area contributed by atoms with Crippen molar-refractivity contribution in [1.82, 2.24) is 25.2 Å². The molecule has 37 heavy (non-hydrogen) atoms. The fraction of sp³-hybridized carbons (Fsp3) is 0.345. The van der Waals surface area contributed by atoms with E-state index in [9.17, 15) is 4.79 Å². The lowest BCUT2D eigenvalue weighted by Gasteiger charge is -2.31. The zero-order chi connectivity index (χ0) is 25.2. The minimum Gasteiger partial charge on any atom is -0.457 e. The Bertz CT molecular complexity index is 1430. The maximum Gasteiger partial charge on any atom is 0.322 e. The number of benzene rings is 1. The summed E-state index contributed by atoms with van der Waals surface area (Å²) >= 11 is 0. The van der Waals surface area contributed by atoms with Crippen molar-refractivity contribution in [2.24, 2.45) is 0 Å². The Morgan fingerprint density at radius 2 is 1.92 bits per heavy atom. The molecule has 1 saturated carbocycles. The van der Waals surface area contributed by atoms with Gasteiger partial charge in [0, 0.05) is 43.8 Å². The number of aromatic amines is 1. The number of nitrogens with one attached hydrogen (secondary N) is 3. The van der Waals surface area contributed by atoms with Crippen LogP contribution >= 0.6 is 0 Å². The summed E-state index contributed by atoms with van der Waals surface area (Å²) in [4.78, 5) is 26.9. The van der Waals surface area contributed by atoms with Crippen molar-refractivity contribution < 1.29 is 9.53 Å². The highest BCUT2D eigenvalue weighted by molar-refractivity contribution is 5.99. The summed E-state index contributed by atoms with van der Waals surface area (Å²) in [6, 6.07) is 12.2. The number of carbonyl (C=O) groups excluding carboxylic acids is 1. The van der Waals surface area contributed by atoms with Crippen LogP contribution in [-0.2, 0) is 13.0 Å². The van der Waals surface area contributed by atoms with Crippen molar-refractivity contribution in [3.63, 3.8) is 0 Å². The topological polar surface area (TPSA) is 95.2 Å². The number of carbonyl (C=O) groups is 1. The van der Waals surface area contributed by atoms with Gasteiger partial charge in [-0.15, -0.1) is 0 Å². The van der Waals surface area contributed by atoms with Gasteiger partial charge in [0.1, 0.15) is 23.0 Å². The molecule has 0 atom stereocenters. The SMILES string of the molecule is CN(C(=O)Nc1cc(-c2c[nH]c3nccc(Oc4ccc5c(c4)CNCC5)c23)ccn1)C1CCCCC1. The minimum absolute atomic E-state index is 0.122. The number of rotatable bonds is 5. The molecule has 4 heterocycles. The van der Waals surface area contributed by atoms with E-state index in [2.05, 4.69) is 37.7 Å². The molecule has 3 aromatic heterocycles. The Labute approximate surface area is 216 Å². The number of anilines is 1. The lowest BCUT2D eigenvalue weighted by atomic mass is 9.95. The van der Waals surface area contributed by atoms with Crippen LogP contribution in [0.15, 0.2) is 55.0 Å². The number of hydrogen-bond acceptors (Lipinski definition) is 5. The van der Waals surface area contributed by atoms with Crippen molar-refractivity contribution in [2.75, 3.05) is 18.9 Å². The summed E-state index contributed by atoms with van der Waals surface area (Å²) in [5, 5.41) is 7.30. The number of H-pyrrole nitrogens is 1. The Kier molecular flexibility index (Phi) is 6.49. The number of urea groups is 1. The second-order valence-electron chi connectivity index (χ2n) is 9.96. The normalized spacial score (nSPS) is 15.8. The summed E-state index contributed by atoms with van der Waals surface area (Å²) in [7, 11) is 1.88. The molecule has 6 rings (SSSR count). The maximum absolute atomic E-state index is 12.9. The summed E-state index contributed by atoms with van der Waals surface area (Å²) in [5.74, 6) is 2.05. The highest BCUT2D eigenvalue weighted by Crippen LogP contribution is 2.37. The van der Waals surface area contributed by atoms with Crippen LogP contribution in [0.2, 0.25) is 0 Å². The second-order valence-corrected chi connectivity index (χ2v) is 9.96. The van der Waals surface area contributed by atoms with Gasteiger partial charge in [-0.25, -0.2) is 14.8 Å². The van der Waals surface area contributed by atoms with E-state index in [1.165, 1.54) is 30.4 Å². The first-order chi connectivity index (χ1) is 18.2. The molecular weight excluding hydrogens is 464 g/mol. The Balaban J connectivity index is 1.27. The average molecular weight is 497 g/mol. The quantitative estimate of drug-likeness (QED) is 0.322. The van der Waals surface area contributed by atoms with Crippen molar-refractivity contribution in [1.29, 1.82) is 0 Å². The molecule has 1 aliphatic carbocycles. The summed E-state index contributed by atoms with van der Waals surface area (Å²) in [6.07, 6.45) is 12.2. The molecule has 1 fully saturated rings. The van der Waals surface area contributed by atoms with E-state index in [1.54, 1.807) is 12.4 Å². The molecule has 8 nitrogen and oxygen atoms in total. The standard InChI is InChI=1S/C29H32N6O2/c1-35(22-5-3-2-4-6-22)29(36)34-26-16-20(10-13-31-26)24-18-33-28-27(24)25(11-14-32-28)37-23-8-7-19-9-12-30-17-21(19)15-23/h7-8,10-11,13-16,18,22,30H,2-6,9,12,17H2,1H3,(H,32,33)(H,31,34,36). The van der Waals surface area contributed by atoms with E-state index >= 15 is 0 Å². The van der Waals surface area contributed by atoms with Gasteiger partial charge in [0.05, 0.1) is 5.39 Å². The van der Waals surface area contributed by atoms with Gasteiger partial charge in [-0.05, 0) is 72.8 Å². The van der Waals surface area contributed by atoms with Crippen molar-refractivity contribution in [3.05, 3.63) is 66.1 Å². The van der Waals surface area contributed by atoms with Crippen LogP contribution in [0.3, 0.4) is 0 Å². The summed E-state index contributed by atoms with van der Waals surface area (Å²) in [6.45, 7) is 1.87. The van der Waals surface area contributed by atoms with Gasteiger partial charge in [-0.3, -0.25) is 5.32 Å². The molecule has 0 radical (unpaired) electrons. The fourth-order valence-corrected chi connectivity index (χ4v) is 5.48. The van der Waals surface area contributed by atoms with Gasteiger partial charge in [0.2, 0.25) is 0 Å². The van der Waals surface area contributed by atoms with Crippen molar-refractivity contribution >= 4 is 22.9 Å². The Hall–Kier alpha value is -3.91. The van der Waals surface area contributed by atoms with Gasteiger partial charge in [-0.2, -0.15) is 0 Å². The molecule has 4 aromatic rings. The van der Waals surface area contributed by atoms with Crippen LogP contribution in [0.4, 0.5) is 10.6 Å². The van der Waals surface area contributed by atoms with Crippen LogP contribution < -0.4 is 15.4 Å². The van der Waals surface area contributed by atoms with Gasteiger partial charge >= 0.3 is 6.03 Å². The molecule has 3 N–H and O–H groups in total. The second kappa shape index (κ2) is 10.2. The number of amides is 2. The van der Waals surface area contributed by atoms with E-state index < -0.39 is 0 Å². The summed E-state index contributed by atoms with van der Waals surface area (Å²) in [5.41, 5.74) is 5.25. The van der Waals surface area contributed by atoms with Crippen LogP contribution in [-0.4, -0.2) is 45.5 Å². The maximum atomic E-state index is 12.9. The van der Waals surface area contributed by atoms with Crippen LogP contribution in [0.1, 0.15) is 43.2 Å². The van der Waals surface area contributed by atoms with Crippen molar-refractivity contribution in [2.45, 2.75) is 51.1 Å². The first-order valence-electron chi connectivity index (χ1n) is 13.1. The highest BCUT2D eigenvalue weighted by Gasteiger charge is 2.22. The minimum atomic E-state index is -0.122. The predicted molar refractivity (Wildman–Crippen MR) is 145 cm³/mol. The van der Waals surface area contributed by atoms with Gasteiger partial charge in [-0.1, -0.05) is 25.3 Å². The van der Waals surface area contributed by atoms with Gasteiger partial charge < -0.3 is 19.9 Å². The molecule has 8 heteroatoms. The molecule has 1 aliphatic heterocycles. The van der Waals surface area contributed by atoms with Crippen LogP contribution in [0, 0.1) is 0 Å². The van der Waals surface area contributed by atoms with E-state index in [-0.39, 0.29) is 12.1 Å². The first-order valence-corrected chi connectivity index (χ1v) is 13.1. The molecule has 2 aliphatic rings. The van der Waals surface area contributed by atoms with Crippen molar-refractivity contribution in [3.8, 4) is 22.6 Å². The zero-order valence-corrected chi connectivity index (χ0v) is 21.1. The third-order valence-corrected chi connectivity index (χ3v) is 7.58. The van der Waals surface area contributed by atoms with Gasteiger partial charge in [0.15, 0.2) is 0 Å². The van der Waals surface area contributed by atoms with Gasteiger partial charge in [0.25, 0.3) is 0 Å². The number of nitrogens with zero attached hydrogens (tertiary/aromatic N) is 3. The average Bonchev–Trinajstić information content (AvgIpc) is 3.39. The number of ether oxygens (including phenoxy) is 1. The third kappa shape index (κ3) is 4.89. The molecular formula is C29H32N6O2. The molecule has 0 saturated heterocycles. The zero-order valence-electron chi connectivity index (χ0n) is 21.1. The fourth-order valence-electron chi connectivity index (χ4n) is 5.48. The number of aromatic nitrogens is 3. The molecule has 2 amide bonds. The van der Waals surface area contributed by atoms with E-state index in [0.29, 0.717) is 5.82 Å². The van der Waals surface area contributed by atoms with E-state index in [4.69, 9.17) is 4.74 Å². The van der Waals surface area contributed by atoms with Crippen LogP contribution in [0.5, 0.6) is 11.5 Å². The predicted octanol–water partition coefficient (Wildman–Crippen LogP) is 5.86. The molecule has 0 unspecified atom stereocenters. The monoisotopic (exact) mass is 496 g/mol. The number of hydrogen-bond donors (Lipinski definition) is 3. The third-order valence-electron chi connectivity index (χ3n) is 7.58. The smallest absolute Gasteiger partial charge is 0.322 e. The molecule has 0 bridgehead atoms. The lowest BCUT2D eigenvalue weighted by Crippen LogP contribution is -2.41. The number of pyridine rings is 2. The highest BCUT2D eigenvalue weighted by atomic mass is 16.5. The molecule has 0 spiro atoms. The summed E-state index contributed by atoms with van der Waals surface area (Å²) < 4.78 is 6.39. The Morgan fingerprint density at radius 3 is 2.81 bits per heavy atom. The lowest BCUT2D eigenvalue weighted by molar-refractivity contribution is 0.186.